The number of likely N-dealkylation sites (N-methyl/N-ethyl adjacent to an activating group) is 1. The van der Waals surface area contributed by atoms with Gasteiger partial charge in [0, 0.05) is 6.42 Å². The van der Waals surface area contributed by atoms with Gasteiger partial charge in [-0.2, -0.15) is 0 Å². The molecule has 0 rings (SSSR count). The van der Waals surface area contributed by atoms with Gasteiger partial charge in [0.15, 0.2) is 6.10 Å². The van der Waals surface area contributed by atoms with E-state index in [1.54, 1.807) is 12.3 Å². The molecule has 0 radical (unpaired) electrons. The predicted molar refractivity (Wildman–Crippen MR) is 232 cm³/mol. The molecule has 322 valence electrons. The average molecular weight is 806 g/mol. The molecule has 0 aromatic heterocycles. The van der Waals surface area contributed by atoms with Crippen molar-refractivity contribution in [3.8, 4) is 0 Å². The van der Waals surface area contributed by atoms with Gasteiger partial charge in [-0.05, 0) is 83.1 Å². The number of ether oxygens (including phenoxy) is 2. The largest absolute Gasteiger partial charge is 0.756 e. The van der Waals surface area contributed by atoms with Crippen molar-refractivity contribution >= 4 is 13.8 Å². The lowest BCUT2D eigenvalue weighted by Crippen LogP contribution is -2.37. The number of hydrogen-bond acceptors (Lipinski definition) is 8. The van der Waals surface area contributed by atoms with Crippen LogP contribution in [0, 0.1) is 0 Å². The number of rotatable bonds is 38. The summed E-state index contributed by atoms with van der Waals surface area (Å²) in [6.07, 6.45) is 47.3. The first-order valence-electron chi connectivity index (χ1n) is 21.5. The fourth-order valence-electron chi connectivity index (χ4n) is 5.17. The van der Waals surface area contributed by atoms with E-state index in [1.807, 2.05) is 63.7 Å². The quantitative estimate of drug-likeness (QED) is 0.0125. The Labute approximate surface area is 342 Å². The fourth-order valence-corrected chi connectivity index (χ4v) is 5.90. The van der Waals surface area contributed by atoms with Crippen LogP contribution in [0.1, 0.15) is 142 Å². The second-order valence-corrected chi connectivity index (χ2v) is 16.6. The topological polar surface area (TPSA) is 114 Å². The van der Waals surface area contributed by atoms with Gasteiger partial charge in [-0.1, -0.05) is 132 Å². The van der Waals surface area contributed by atoms with E-state index in [4.69, 9.17) is 18.5 Å². The highest BCUT2D eigenvalue weighted by Gasteiger charge is 2.19. The second kappa shape index (κ2) is 38.0. The van der Waals surface area contributed by atoms with Crippen molar-refractivity contribution < 1.29 is 42.4 Å². The molecule has 0 aliphatic rings. The molecule has 3 atom stereocenters. The minimum atomic E-state index is -4.55. The maximum atomic E-state index is 12.4. The summed E-state index contributed by atoms with van der Waals surface area (Å²) >= 11 is 0. The van der Waals surface area contributed by atoms with Gasteiger partial charge >= 0.3 is 5.97 Å². The lowest BCUT2D eigenvalue weighted by atomic mass is 10.1. The first-order valence-corrected chi connectivity index (χ1v) is 22.9. The van der Waals surface area contributed by atoms with Gasteiger partial charge in [-0.25, -0.2) is 0 Å². The number of aliphatic hydroxyl groups is 1. The summed E-state index contributed by atoms with van der Waals surface area (Å²) in [6.45, 7) is 4.40. The number of allylic oxidation sites excluding steroid dienone is 11. The van der Waals surface area contributed by atoms with E-state index in [1.165, 1.54) is 57.8 Å². The molecule has 0 saturated carbocycles. The molecule has 0 bridgehead atoms. The molecule has 56 heavy (non-hydrogen) atoms. The summed E-state index contributed by atoms with van der Waals surface area (Å²) in [5.41, 5.74) is 0. The highest BCUT2D eigenvalue weighted by atomic mass is 31.2. The van der Waals surface area contributed by atoms with Crippen LogP contribution in [-0.4, -0.2) is 75.3 Å². The Kier molecular flexibility index (Phi) is 36.3. The van der Waals surface area contributed by atoms with Crippen LogP contribution < -0.4 is 4.89 Å². The molecule has 0 heterocycles. The van der Waals surface area contributed by atoms with Gasteiger partial charge in [-0.15, -0.1) is 0 Å². The maximum absolute atomic E-state index is 12.4. The minimum Gasteiger partial charge on any atom is -0.756 e. The Morgan fingerprint density at radius 1 is 0.696 bits per heavy atom. The molecule has 0 amide bonds. The number of quaternary nitrogens is 1. The van der Waals surface area contributed by atoms with Gasteiger partial charge < -0.3 is 33.0 Å². The third kappa shape index (κ3) is 41.1. The Hall–Kier alpha value is -2.52. The van der Waals surface area contributed by atoms with Gasteiger partial charge in [-0.3, -0.25) is 9.36 Å². The summed E-state index contributed by atoms with van der Waals surface area (Å²) < 4.78 is 34.2. The van der Waals surface area contributed by atoms with Gasteiger partial charge in [0.05, 0.1) is 40.1 Å². The summed E-state index contributed by atoms with van der Waals surface area (Å²) in [7, 11) is 1.28. The standard InChI is InChI=1S/C46H80NO8P/c1-6-8-10-12-14-15-16-17-18-19-20-21-24-27-31-35-40-52-45(43-55-56(50,51)54-41-39-47(3,4)5)42-53-46(49)38-34-30-26-23-22-25-29-33-37-44(48)36-32-28-13-11-9-7-2/h9,11,17-18,23,25-26,28-29,32-33,35,37,40,44-45,48H,6-8,10,12-16,19-22,24,27,30-31,34,36,38-39,41-43H2,1-5H3/b11-9-,18-17-,26-23-,29-25-,32-28-,37-33+,40-35+/t44?,45-/m1/s1. The SMILES string of the molecule is CC/C=C\C/C=C\CC(O)/C=C/C=C\C/C=C\CCCC(=O)OC[C@H](COP(=O)([O-])OCC[N+](C)(C)C)O/C=C/CCCCCC/C=C\CCCCCCCC. The summed E-state index contributed by atoms with van der Waals surface area (Å²) in [4.78, 5) is 24.8. The van der Waals surface area contributed by atoms with E-state index in [2.05, 4.69) is 44.2 Å². The first-order chi connectivity index (χ1) is 27.0. The molecule has 2 unspecified atom stereocenters. The van der Waals surface area contributed by atoms with Crippen molar-refractivity contribution in [1.82, 2.24) is 0 Å². The molecule has 0 aromatic rings. The molecular formula is C46H80NO8P. The molecule has 10 heteroatoms. The van der Waals surface area contributed by atoms with Crippen LogP contribution in [0.4, 0.5) is 0 Å². The van der Waals surface area contributed by atoms with Gasteiger partial charge in [0.25, 0.3) is 7.82 Å². The normalized spacial score (nSPS) is 15.1. The highest BCUT2D eigenvalue weighted by molar-refractivity contribution is 7.45. The van der Waals surface area contributed by atoms with E-state index >= 15 is 0 Å². The fraction of sp³-hybridized carbons (Fsp3) is 0.674. The number of aliphatic hydroxyl groups excluding tert-OH is 1. The Morgan fingerprint density at radius 3 is 1.96 bits per heavy atom. The summed E-state index contributed by atoms with van der Waals surface area (Å²) in [5.74, 6) is -0.381. The van der Waals surface area contributed by atoms with Crippen LogP contribution >= 0.6 is 7.82 Å². The lowest BCUT2D eigenvalue weighted by Gasteiger charge is -2.28. The van der Waals surface area contributed by atoms with Crippen molar-refractivity contribution in [2.75, 3.05) is 47.5 Å². The number of carbonyl (C=O) groups excluding carboxylic acids is 1. The van der Waals surface area contributed by atoms with E-state index < -0.39 is 20.0 Å². The molecule has 0 aromatic carbocycles. The van der Waals surface area contributed by atoms with Crippen LogP contribution in [-0.2, 0) is 27.9 Å². The monoisotopic (exact) mass is 806 g/mol. The third-order valence-corrected chi connectivity index (χ3v) is 9.56. The van der Waals surface area contributed by atoms with Crippen LogP contribution in [0.25, 0.3) is 0 Å². The molecule has 0 aliphatic heterocycles. The number of phosphoric ester groups is 1. The Morgan fingerprint density at radius 2 is 1.29 bits per heavy atom. The number of esters is 1. The summed E-state index contributed by atoms with van der Waals surface area (Å²) in [6, 6.07) is 0. The van der Waals surface area contributed by atoms with Crippen LogP contribution in [0.5, 0.6) is 0 Å². The smallest absolute Gasteiger partial charge is 0.305 e. The van der Waals surface area contributed by atoms with Crippen molar-refractivity contribution in [3.63, 3.8) is 0 Å². The molecule has 1 N–H and O–H groups in total. The summed E-state index contributed by atoms with van der Waals surface area (Å²) in [5, 5.41) is 10.0. The van der Waals surface area contributed by atoms with E-state index in [-0.39, 0.29) is 32.2 Å². The van der Waals surface area contributed by atoms with Crippen LogP contribution in [0.3, 0.4) is 0 Å². The number of hydrogen-bond donors (Lipinski definition) is 1. The van der Waals surface area contributed by atoms with Gasteiger partial charge in [0.1, 0.15) is 19.8 Å². The molecular weight excluding hydrogens is 725 g/mol. The highest BCUT2D eigenvalue weighted by Crippen LogP contribution is 2.38. The van der Waals surface area contributed by atoms with E-state index in [0.29, 0.717) is 23.9 Å². The zero-order chi connectivity index (χ0) is 41.4. The Bertz CT molecular complexity index is 1180. The Balaban J connectivity index is 4.50. The maximum Gasteiger partial charge on any atom is 0.305 e. The number of nitrogens with zero attached hydrogens (tertiary/aromatic N) is 1. The molecule has 0 aliphatic carbocycles. The van der Waals surface area contributed by atoms with Crippen molar-refractivity contribution in [2.45, 2.75) is 154 Å². The number of carbonyl (C=O) groups is 1. The third-order valence-electron chi connectivity index (χ3n) is 8.60. The number of phosphoric acid groups is 1. The van der Waals surface area contributed by atoms with Crippen molar-refractivity contribution in [1.29, 1.82) is 0 Å². The second-order valence-electron chi connectivity index (χ2n) is 15.2. The predicted octanol–water partition coefficient (Wildman–Crippen LogP) is 11.2. The zero-order valence-electron chi connectivity index (χ0n) is 35.9. The first kappa shape index (κ1) is 53.5. The zero-order valence-corrected chi connectivity index (χ0v) is 36.8. The van der Waals surface area contributed by atoms with Crippen molar-refractivity contribution in [3.05, 3.63) is 85.3 Å². The lowest BCUT2D eigenvalue weighted by molar-refractivity contribution is -0.870. The average Bonchev–Trinajstić information content (AvgIpc) is 3.15. The van der Waals surface area contributed by atoms with Crippen LogP contribution in [0.2, 0.25) is 0 Å². The van der Waals surface area contributed by atoms with E-state index in [0.717, 1.165) is 51.4 Å². The molecule has 0 fully saturated rings. The molecule has 9 nitrogen and oxygen atoms in total. The molecule has 0 saturated heterocycles. The van der Waals surface area contributed by atoms with Gasteiger partial charge in [0.2, 0.25) is 0 Å². The molecule has 0 spiro atoms. The van der Waals surface area contributed by atoms with Crippen LogP contribution in [0.15, 0.2) is 85.3 Å². The van der Waals surface area contributed by atoms with Crippen molar-refractivity contribution in [2.24, 2.45) is 0 Å². The number of unbranched alkanes of at least 4 members (excludes halogenated alkanes) is 12. The minimum absolute atomic E-state index is 0.00188. The van der Waals surface area contributed by atoms with E-state index in [9.17, 15) is 19.4 Å².